The van der Waals surface area contributed by atoms with Crippen molar-refractivity contribution in [3.05, 3.63) is 41.5 Å². The maximum Gasteiger partial charge on any atom is 0.573 e. The smallest absolute Gasteiger partial charge is 0.405 e. The van der Waals surface area contributed by atoms with Gasteiger partial charge >= 0.3 is 6.36 Å². The molecule has 0 aliphatic rings. The fourth-order valence-electron chi connectivity index (χ4n) is 1.88. The molecule has 0 saturated heterocycles. The summed E-state index contributed by atoms with van der Waals surface area (Å²) in [5.74, 6) is 0.499. The zero-order valence-electron chi connectivity index (χ0n) is 12.2. The summed E-state index contributed by atoms with van der Waals surface area (Å²) in [6.45, 7) is 0.682. The maximum atomic E-state index is 12.4. The van der Waals surface area contributed by atoms with Gasteiger partial charge in [-0.3, -0.25) is 4.90 Å². The third-order valence-corrected chi connectivity index (χ3v) is 2.73. The van der Waals surface area contributed by atoms with Crippen LogP contribution in [0.25, 0.3) is 0 Å². The van der Waals surface area contributed by atoms with Crippen LogP contribution in [-0.2, 0) is 19.6 Å². The molecular weight excluding hydrogens is 337 g/mol. The molecule has 2 aromatic rings. The minimum Gasteiger partial charge on any atom is -0.405 e. The Morgan fingerprint density at radius 1 is 1.26 bits per heavy atom. The van der Waals surface area contributed by atoms with Gasteiger partial charge in [-0.25, -0.2) is 0 Å². The Bertz CT molecular complexity index is 621. The molecule has 0 spiro atoms. The third kappa shape index (κ3) is 6.05. The average molecular weight is 353 g/mol. The van der Waals surface area contributed by atoms with Crippen LogP contribution >= 0.6 is 12.4 Å². The van der Waals surface area contributed by atoms with E-state index in [-0.39, 0.29) is 31.2 Å². The van der Waals surface area contributed by atoms with E-state index in [1.165, 1.54) is 12.1 Å². The second kappa shape index (κ2) is 8.14. The van der Waals surface area contributed by atoms with E-state index in [1.807, 2.05) is 0 Å². The van der Waals surface area contributed by atoms with Gasteiger partial charge in [-0.05, 0) is 13.1 Å². The van der Waals surface area contributed by atoms with Gasteiger partial charge in [0.2, 0.25) is 5.89 Å². The Morgan fingerprint density at radius 2 is 1.96 bits per heavy atom. The molecule has 0 amide bonds. The van der Waals surface area contributed by atoms with Crippen molar-refractivity contribution in [3.63, 3.8) is 0 Å². The zero-order chi connectivity index (χ0) is 16.2. The molecule has 0 radical (unpaired) electrons. The molecule has 2 rings (SSSR count). The molecule has 1 heterocycles. The average Bonchev–Trinajstić information content (AvgIpc) is 2.87. The van der Waals surface area contributed by atoms with Crippen LogP contribution in [0.15, 0.2) is 28.8 Å². The molecule has 23 heavy (non-hydrogen) atoms. The van der Waals surface area contributed by atoms with E-state index in [0.29, 0.717) is 23.8 Å². The SMILES string of the molecule is CN(Cc1noc(CN)n1)Cc1ccccc1OC(F)(F)F.Cl. The van der Waals surface area contributed by atoms with Gasteiger partial charge in [0.1, 0.15) is 5.75 Å². The van der Waals surface area contributed by atoms with Gasteiger partial charge < -0.3 is 15.0 Å². The summed E-state index contributed by atoms with van der Waals surface area (Å²) in [6, 6.07) is 5.97. The number of alkyl halides is 3. The number of para-hydroxylation sites is 1. The summed E-state index contributed by atoms with van der Waals surface area (Å²) in [4.78, 5) is 5.78. The Hall–Kier alpha value is -1.84. The Labute approximate surface area is 136 Å². The number of hydrogen-bond acceptors (Lipinski definition) is 6. The van der Waals surface area contributed by atoms with Crippen molar-refractivity contribution in [1.29, 1.82) is 0 Å². The number of ether oxygens (including phenoxy) is 1. The molecule has 1 aromatic carbocycles. The molecule has 10 heteroatoms. The number of halogens is 4. The lowest BCUT2D eigenvalue weighted by Crippen LogP contribution is -2.21. The highest BCUT2D eigenvalue weighted by Crippen LogP contribution is 2.27. The highest BCUT2D eigenvalue weighted by atomic mass is 35.5. The van der Waals surface area contributed by atoms with E-state index < -0.39 is 6.36 Å². The van der Waals surface area contributed by atoms with E-state index in [1.54, 1.807) is 24.1 Å². The molecule has 128 valence electrons. The lowest BCUT2D eigenvalue weighted by Gasteiger charge is -2.18. The lowest BCUT2D eigenvalue weighted by molar-refractivity contribution is -0.275. The quantitative estimate of drug-likeness (QED) is 0.860. The van der Waals surface area contributed by atoms with Crippen LogP contribution in [0.5, 0.6) is 5.75 Å². The number of aromatic nitrogens is 2. The highest BCUT2D eigenvalue weighted by Gasteiger charge is 2.32. The molecule has 1 aromatic heterocycles. The summed E-state index contributed by atoms with van der Waals surface area (Å²) >= 11 is 0. The first-order valence-electron chi connectivity index (χ1n) is 6.41. The topological polar surface area (TPSA) is 77.4 Å². The maximum absolute atomic E-state index is 12.4. The Balaban J connectivity index is 0.00000264. The Morgan fingerprint density at radius 3 is 2.57 bits per heavy atom. The normalized spacial score (nSPS) is 11.4. The molecular formula is C13H16ClF3N4O2. The van der Waals surface area contributed by atoms with E-state index in [0.717, 1.165) is 0 Å². The van der Waals surface area contributed by atoms with Gasteiger partial charge in [0.15, 0.2) is 5.82 Å². The predicted molar refractivity (Wildman–Crippen MR) is 77.7 cm³/mol. The zero-order valence-corrected chi connectivity index (χ0v) is 13.0. The van der Waals surface area contributed by atoms with Gasteiger partial charge in [-0.1, -0.05) is 23.4 Å². The second-order valence-electron chi connectivity index (χ2n) is 4.64. The number of nitrogens with two attached hydrogens (primary N) is 1. The second-order valence-corrected chi connectivity index (χ2v) is 4.64. The van der Waals surface area contributed by atoms with Crippen molar-refractivity contribution in [1.82, 2.24) is 15.0 Å². The van der Waals surface area contributed by atoms with E-state index in [2.05, 4.69) is 14.9 Å². The molecule has 6 nitrogen and oxygen atoms in total. The van der Waals surface area contributed by atoms with Crippen molar-refractivity contribution in [2.24, 2.45) is 5.73 Å². The van der Waals surface area contributed by atoms with Crippen molar-refractivity contribution < 1.29 is 22.4 Å². The highest BCUT2D eigenvalue weighted by molar-refractivity contribution is 5.85. The summed E-state index contributed by atoms with van der Waals surface area (Å²) in [5, 5.41) is 3.73. The third-order valence-electron chi connectivity index (χ3n) is 2.73. The van der Waals surface area contributed by atoms with Crippen LogP contribution in [0.1, 0.15) is 17.3 Å². The predicted octanol–water partition coefficient (Wildman–Crippen LogP) is 2.48. The number of benzene rings is 1. The first-order valence-corrected chi connectivity index (χ1v) is 6.41. The monoisotopic (exact) mass is 352 g/mol. The van der Waals surface area contributed by atoms with Crippen LogP contribution in [0.3, 0.4) is 0 Å². The molecule has 0 aliphatic heterocycles. The van der Waals surface area contributed by atoms with Crippen molar-refractivity contribution >= 4 is 12.4 Å². The minimum absolute atomic E-state index is 0. The molecule has 2 N–H and O–H groups in total. The van der Waals surface area contributed by atoms with Crippen LogP contribution < -0.4 is 10.5 Å². The van der Waals surface area contributed by atoms with Crippen LogP contribution in [0, 0.1) is 0 Å². The van der Waals surface area contributed by atoms with Crippen LogP contribution in [0.4, 0.5) is 13.2 Å². The van der Waals surface area contributed by atoms with Gasteiger partial charge in [-0.2, -0.15) is 4.98 Å². The summed E-state index contributed by atoms with van der Waals surface area (Å²) < 4.78 is 46.0. The van der Waals surface area contributed by atoms with E-state index >= 15 is 0 Å². The fourth-order valence-corrected chi connectivity index (χ4v) is 1.88. The minimum atomic E-state index is -4.72. The van der Waals surface area contributed by atoms with Crippen LogP contribution in [0.2, 0.25) is 0 Å². The van der Waals surface area contributed by atoms with Gasteiger partial charge in [0.25, 0.3) is 0 Å². The number of rotatable bonds is 6. The molecule has 0 fully saturated rings. The molecule has 0 atom stereocenters. The molecule has 0 aliphatic carbocycles. The standard InChI is InChI=1S/C13H15F3N4O2.ClH/c1-20(8-11-18-12(6-17)22-19-11)7-9-4-2-3-5-10(9)21-13(14,15)16;/h2-5H,6-8,17H2,1H3;1H. The van der Waals surface area contributed by atoms with Gasteiger partial charge in [0, 0.05) is 12.1 Å². The largest absolute Gasteiger partial charge is 0.573 e. The van der Waals surface area contributed by atoms with E-state index in [9.17, 15) is 13.2 Å². The summed E-state index contributed by atoms with van der Waals surface area (Å²) in [7, 11) is 1.73. The summed E-state index contributed by atoms with van der Waals surface area (Å²) in [5.41, 5.74) is 5.77. The molecule has 0 saturated carbocycles. The number of hydrogen-bond donors (Lipinski definition) is 1. The van der Waals surface area contributed by atoms with Crippen LogP contribution in [-0.4, -0.2) is 28.5 Å². The number of nitrogens with zero attached hydrogens (tertiary/aromatic N) is 3. The Kier molecular flexibility index (Phi) is 6.79. The van der Waals surface area contributed by atoms with Crippen molar-refractivity contribution in [2.75, 3.05) is 7.05 Å². The van der Waals surface area contributed by atoms with E-state index in [4.69, 9.17) is 10.3 Å². The van der Waals surface area contributed by atoms with Crippen molar-refractivity contribution in [3.8, 4) is 5.75 Å². The molecule has 0 bridgehead atoms. The fraction of sp³-hybridized carbons (Fsp3) is 0.385. The lowest BCUT2D eigenvalue weighted by atomic mass is 10.2. The first kappa shape index (κ1) is 19.2. The van der Waals surface area contributed by atoms with Gasteiger partial charge in [-0.15, -0.1) is 25.6 Å². The first-order chi connectivity index (χ1) is 10.4. The molecule has 0 unspecified atom stereocenters. The van der Waals surface area contributed by atoms with Gasteiger partial charge in [0.05, 0.1) is 13.1 Å². The summed E-state index contributed by atoms with van der Waals surface area (Å²) in [6.07, 6.45) is -4.72. The van der Waals surface area contributed by atoms with Crippen molar-refractivity contribution in [2.45, 2.75) is 26.0 Å².